The Bertz CT molecular complexity index is 996. The number of aryl methyl sites for hydroxylation is 1. The first-order valence-corrected chi connectivity index (χ1v) is 11.0. The molecule has 0 radical (unpaired) electrons. The molecule has 4 heteroatoms. The largest absolute Gasteiger partial charge is 0.490 e. The van der Waals surface area contributed by atoms with Crippen LogP contribution in [0.3, 0.4) is 0 Å². The van der Waals surface area contributed by atoms with Gasteiger partial charge in [-0.3, -0.25) is 0 Å². The van der Waals surface area contributed by atoms with Gasteiger partial charge in [-0.1, -0.05) is 75.9 Å². The first kappa shape index (κ1) is 22.9. The predicted molar refractivity (Wildman–Crippen MR) is 121 cm³/mol. The second kappa shape index (κ2) is 11.0. The molecule has 0 spiro atoms. The fourth-order valence-corrected chi connectivity index (χ4v) is 3.63. The van der Waals surface area contributed by atoms with Crippen molar-refractivity contribution in [3.63, 3.8) is 0 Å². The van der Waals surface area contributed by atoms with Gasteiger partial charge in [-0.15, -0.1) is 0 Å². The average molecular weight is 427 g/mol. The van der Waals surface area contributed by atoms with Gasteiger partial charge in [-0.25, -0.2) is 8.78 Å². The highest BCUT2D eigenvalue weighted by atomic mass is 19.2. The van der Waals surface area contributed by atoms with E-state index in [1.54, 1.807) is 12.1 Å². The van der Waals surface area contributed by atoms with Crippen molar-refractivity contribution in [1.29, 1.82) is 0 Å². The number of rotatable bonds is 10. The molecule has 1 nitrogen and oxygen atoms in total. The van der Waals surface area contributed by atoms with E-state index in [0.29, 0.717) is 12.2 Å². The summed E-state index contributed by atoms with van der Waals surface area (Å²) in [6.45, 7) is 4.56. The maximum Gasteiger partial charge on any atom is 0.201 e. The maximum atomic E-state index is 14.8. The molecule has 0 N–H and O–H groups in total. The summed E-state index contributed by atoms with van der Waals surface area (Å²) in [7, 11) is 0. The third-order valence-corrected chi connectivity index (χ3v) is 5.39. The van der Waals surface area contributed by atoms with E-state index in [9.17, 15) is 13.2 Å². The molecular formula is C27H29F3O. The molecule has 0 aliphatic rings. The Morgan fingerprint density at radius 1 is 0.677 bits per heavy atom. The van der Waals surface area contributed by atoms with Crippen LogP contribution in [-0.2, 0) is 6.42 Å². The second-order valence-electron chi connectivity index (χ2n) is 7.79. The topological polar surface area (TPSA) is 9.23 Å². The van der Waals surface area contributed by atoms with Gasteiger partial charge in [0.1, 0.15) is 5.82 Å². The zero-order valence-electron chi connectivity index (χ0n) is 18.2. The number of ether oxygens (including phenoxy) is 1. The van der Waals surface area contributed by atoms with Gasteiger partial charge >= 0.3 is 0 Å². The van der Waals surface area contributed by atoms with Crippen LogP contribution in [-0.4, -0.2) is 6.61 Å². The second-order valence-corrected chi connectivity index (χ2v) is 7.79. The first-order valence-electron chi connectivity index (χ1n) is 11.0. The Labute approximate surface area is 182 Å². The van der Waals surface area contributed by atoms with Gasteiger partial charge in [0.15, 0.2) is 11.6 Å². The van der Waals surface area contributed by atoms with Crippen molar-refractivity contribution in [3.8, 4) is 28.0 Å². The minimum Gasteiger partial charge on any atom is -0.490 e. The fourth-order valence-electron chi connectivity index (χ4n) is 3.63. The van der Waals surface area contributed by atoms with E-state index in [1.807, 2.05) is 24.3 Å². The van der Waals surface area contributed by atoms with Crippen LogP contribution in [0, 0.1) is 17.5 Å². The Balaban J connectivity index is 1.78. The van der Waals surface area contributed by atoms with Gasteiger partial charge in [0.2, 0.25) is 5.82 Å². The summed E-state index contributed by atoms with van der Waals surface area (Å²) in [5, 5.41) is 0. The molecule has 0 bridgehead atoms. The van der Waals surface area contributed by atoms with Gasteiger partial charge in [-0.05, 0) is 47.7 Å². The highest BCUT2D eigenvalue weighted by Crippen LogP contribution is 2.33. The van der Waals surface area contributed by atoms with E-state index in [1.165, 1.54) is 23.8 Å². The molecule has 0 saturated heterocycles. The lowest BCUT2D eigenvalue weighted by Gasteiger charge is -2.12. The van der Waals surface area contributed by atoms with Crippen molar-refractivity contribution in [1.82, 2.24) is 0 Å². The van der Waals surface area contributed by atoms with Crippen LogP contribution >= 0.6 is 0 Å². The van der Waals surface area contributed by atoms with Crippen LogP contribution in [0.4, 0.5) is 13.2 Å². The molecule has 0 amide bonds. The van der Waals surface area contributed by atoms with Crippen LogP contribution in [0.2, 0.25) is 0 Å². The molecular weight excluding hydrogens is 397 g/mol. The Morgan fingerprint density at radius 3 is 2.06 bits per heavy atom. The van der Waals surface area contributed by atoms with Crippen molar-refractivity contribution in [2.45, 2.75) is 52.4 Å². The predicted octanol–water partition coefficient (Wildman–Crippen LogP) is 8.35. The Hall–Kier alpha value is -2.75. The third kappa shape index (κ3) is 5.69. The van der Waals surface area contributed by atoms with E-state index in [4.69, 9.17) is 4.74 Å². The zero-order chi connectivity index (χ0) is 22.2. The molecule has 3 aromatic rings. The summed E-state index contributed by atoms with van der Waals surface area (Å²) in [5.74, 6) is -2.65. The highest BCUT2D eigenvalue weighted by Gasteiger charge is 2.17. The van der Waals surface area contributed by atoms with Crippen molar-refractivity contribution in [3.05, 3.63) is 77.6 Å². The van der Waals surface area contributed by atoms with E-state index < -0.39 is 17.5 Å². The van der Waals surface area contributed by atoms with Crippen LogP contribution in [0.1, 0.15) is 51.5 Å². The molecule has 3 rings (SSSR count). The molecule has 0 aliphatic heterocycles. The highest BCUT2D eigenvalue weighted by molar-refractivity contribution is 5.72. The molecule has 0 heterocycles. The smallest absolute Gasteiger partial charge is 0.201 e. The molecule has 0 aromatic heterocycles. The van der Waals surface area contributed by atoms with Gasteiger partial charge in [0, 0.05) is 11.1 Å². The summed E-state index contributed by atoms with van der Waals surface area (Å²) in [4.78, 5) is 0. The number of unbranched alkanes of at least 4 members (excludes halogenated alkanes) is 3. The summed E-state index contributed by atoms with van der Waals surface area (Å²) < 4.78 is 49.3. The minimum absolute atomic E-state index is 0.0135. The molecule has 0 atom stereocenters. The fraction of sp³-hybridized carbons (Fsp3) is 0.333. The van der Waals surface area contributed by atoms with E-state index >= 15 is 0 Å². The number of hydrogen-bond acceptors (Lipinski definition) is 1. The average Bonchev–Trinajstić information content (AvgIpc) is 2.77. The molecule has 3 aromatic carbocycles. The summed E-state index contributed by atoms with van der Waals surface area (Å²) >= 11 is 0. The summed E-state index contributed by atoms with van der Waals surface area (Å²) in [5.41, 5.74) is 2.69. The van der Waals surface area contributed by atoms with Crippen LogP contribution in [0.25, 0.3) is 22.3 Å². The summed E-state index contributed by atoms with van der Waals surface area (Å²) in [6.07, 6.45) is 5.99. The van der Waals surface area contributed by atoms with Crippen LogP contribution in [0.15, 0.2) is 54.6 Å². The number of hydrogen-bond donors (Lipinski definition) is 0. The standard InChI is InChI=1S/C27H29F3O/c1-3-5-6-7-17-31-25-16-15-23(26(29)27(25)30)21-13-14-22(24(28)18-21)20-11-9-19(8-4-2)10-12-20/h9-16,18H,3-8,17H2,1-2H3. The molecule has 164 valence electrons. The van der Waals surface area contributed by atoms with Crippen molar-refractivity contribution in [2.75, 3.05) is 6.61 Å². The molecule has 0 aliphatic carbocycles. The first-order chi connectivity index (χ1) is 15.0. The van der Waals surface area contributed by atoms with Crippen LogP contribution in [0.5, 0.6) is 5.75 Å². The normalized spacial score (nSPS) is 11.0. The van der Waals surface area contributed by atoms with Gasteiger partial charge in [-0.2, -0.15) is 4.39 Å². The Morgan fingerprint density at radius 2 is 1.39 bits per heavy atom. The lowest BCUT2D eigenvalue weighted by molar-refractivity contribution is 0.285. The van der Waals surface area contributed by atoms with Crippen molar-refractivity contribution in [2.24, 2.45) is 0 Å². The van der Waals surface area contributed by atoms with Crippen LogP contribution < -0.4 is 4.74 Å². The molecule has 0 unspecified atom stereocenters. The van der Waals surface area contributed by atoms with Gasteiger partial charge in [0.25, 0.3) is 0 Å². The van der Waals surface area contributed by atoms with E-state index in [0.717, 1.165) is 44.1 Å². The van der Waals surface area contributed by atoms with Crippen molar-refractivity contribution < 1.29 is 17.9 Å². The quantitative estimate of drug-likeness (QED) is 0.296. The summed E-state index contributed by atoms with van der Waals surface area (Å²) in [6, 6.07) is 15.1. The maximum absolute atomic E-state index is 14.8. The number of halogens is 3. The molecule has 0 fully saturated rings. The lowest BCUT2D eigenvalue weighted by atomic mass is 9.98. The lowest BCUT2D eigenvalue weighted by Crippen LogP contribution is -2.02. The number of benzene rings is 3. The monoisotopic (exact) mass is 426 g/mol. The third-order valence-electron chi connectivity index (χ3n) is 5.39. The minimum atomic E-state index is -1.04. The molecule has 0 saturated carbocycles. The van der Waals surface area contributed by atoms with Gasteiger partial charge in [0.05, 0.1) is 6.61 Å². The molecule has 31 heavy (non-hydrogen) atoms. The van der Waals surface area contributed by atoms with E-state index in [-0.39, 0.29) is 16.9 Å². The Kier molecular flexibility index (Phi) is 8.16. The SMILES string of the molecule is CCCCCCOc1ccc(-c2ccc(-c3ccc(CCC)cc3)c(F)c2)c(F)c1F. The zero-order valence-corrected chi connectivity index (χ0v) is 18.2. The van der Waals surface area contributed by atoms with E-state index in [2.05, 4.69) is 13.8 Å². The van der Waals surface area contributed by atoms with Crippen molar-refractivity contribution >= 4 is 0 Å². The van der Waals surface area contributed by atoms with Gasteiger partial charge < -0.3 is 4.74 Å².